The van der Waals surface area contributed by atoms with Gasteiger partial charge in [-0.2, -0.15) is 0 Å². The Morgan fingerprint density at radius 1 is 1.21 bits per heavy atom. The van der Waals surface area contributed by atoms with Crippen LogP contribution in [0.25, 0.3) is 0 Å². The Labute approximate surface area is 115 Å². The summed E-state index contributed by atoms with van der Waals surface area (Å²) in [7, 11) is 0. The van der Waals surface area contributed by atoms with Crippen molar-refractivity contribution < 1.29 is 9.47 Å². The fourth-order valence-corrected chi connectivity index (χ4v) is 2.02. The lowest BCUT2D eigenvalue weighted by Gasteiger charge is -2.24. The third-order valence-corrected chi connectivity index (χ3v) is 3.56. The van der Waals surface area contributed by atoms with E-state index in [1.54, 1.807) is 0 Å². The van der Waals surface area contributed by atoms with Gasteiger partial charge in [0.15, 0.2) is 11.5 Å². The molecule has 0 aliphatic carbocycles. The van der Waals surface area contributed by atoms with Gasteiger partial charge in [0.05, 0.1) is 0 Å². The molecular formula is C15H24N2O2. The third-order valence-electron chi connectivity index (χ3n) is 3.56. The number of nitrogens with one attached hydrogen (secondary N) is 1. The SMILES string of the molecule is Cc1cc2c(cc1NCCC(C)(C)CN)OCCO2. The van der Waals surface area contributed by atoms with Crippen molar-refractivity contribution in [1.29, 1.82) is 0 Å². The Balaban J connectivity index is 2.00. The molecule has 4 nitrogen and oxygen atoms in total. The Morgan fingerprint density at radius 2 is 1.84 bits per heavy atom. The summed E-state index contributed by atoms with van der Waals surface area (Å²) in [6, 6.07) is 4.06. The van der Waals surface area contributed by atoms with Crippen LogP contribution in [0.4, 0.5) is 5.69 Å². The normalized spacial score (nSPS) is 14.3. The molecule has 0 saturated heterocycles. The van der Waals surface area contributed by atoms with Crippen LogP contribution < -0.4 is 20.5 Å². The van der Waals surface area contributed by atoms with Gasteiger partial charge in [-0.1, -0.05) is 13.8 Å². The molecule has 0 saturated carbocycles. The number of rotatable bonds is 5. The maximum absolute atomic E-state index is 5.74. The van der Waals surface area contributed by atoms with Crippen molar-refractivity contribution in [1.82, 2.24) is 0 Å². The second-order valence-electron chi connectivity index (χ2n) is 5.86. The van der Waals surface area contributed by atoms with Gasteiger partial charge in [0, 0.05) is 18.3 Å². The van der Waals surface area contributed by atoms with E-state index in [4.69, 9.17) is 15.2 Å². The van der Waals surface area contributed by atoms with Crippen LogP contribution in [-0.4, -0.2) is 26.3 Å². The number of ether oxygens (including phenoxy) is 2. The van der Waals surface area contributed by atoms with E-state index in [1.807, 2.05) is 12.1 Å². The standard InChI is InChI=1S/C15H24N2O2/c1-11-8-13-14(19-7-6-18-13)9-12(11)17-5-4-15(2,3)10-16/h8-9,17H,4-7,10,16H2,1-3H3. The highest BCUT2D eigenvalue weighted by Crippen LogP contribution is 2.35. The van der Waals surface area contributed by atoms with E-state index in [0.717, 1.165) is 30.2 Å². The molecular weight excluding hydrogens is 240 g/mol. The zero-order valence-corrected chi connectivity index (χ0v) is 12.1. The van der Waals surface area contributed by atoms with Crippen molar-refractivity contribution in [2.75, 3.05) is 31.6 Å². The summed E-state index contributed by atoms with van der Waals surface area (Å²) >= 11 is 0. The summed E-state index contributed by atoms with van der Waals surface area (Å²) in [5, 5.41) is 3.46. The first-order valence-corrected chi connectivity index (χ1v) is 6.86. The number of hydrogen-bond donors (Lipinski definition) is 2. The summed E-state index contributed by atoms with van der Waals surface area (Å²) in [4.78, 5) is 0. The van der Waals surface area contributed by atoms with Crippen molar-refractivity contribution in [3.05, 3.63) is 17.7 Å². The zero-order valence-electron chi connectivity index (χ0n) is 12.1. The van der Waals surface area contributed by atoms with Crippen LogP contribution >= 0.6 is 0 Å². The zero-order chi connectivity index (χ0) is 13.9. The van der Waals surface area contributed by atoms with Crippen molar-refractivity contribution in [2.45, 2.75) is 27.2 Å². The van der Waals surface area contributed by atoms with Gasteiger partial charge in [0.25, 0.3) is 0 Å². The highest BCUT2D eigenvalue weighted by Gasteiger charge is 2.16. The van der Waals surface area contributed by atoms with Crippen LogP contribution in [0.15, 0.2) is 12.1 Å². The quantitative estimate of drug-likeness (QED) is 0.858. The Kier molecular flexibility index (Phi) is 4.20. The Bertz CT molecular complexity index is 444. The van der Waals surface area contributed by atoms with Gasteiger partial charge in [0.2, 0.25) is 0 Å². The summed E-state index contributed by atoms with van der Waals surface area (Å²) in [5.74, 6) is 1.68. The molecule has 0 unspecified atom stereocenters. The first kappa shape index (κ1) is 14.0. The van der Waals surface area contributed by atoms with Gasteiger partial charge >= 0.3 is 0 Å². The smallest absolute Gasteiger partial charge is 0.163 e. The van der Waals surface area contributed by atoms with Gasteiger partial charge < -0.3 is 20.5 Å². The van der Waals surface area contributed by atoms with E-state index in [0.29, 0.717) is 19.8 Å². The third kappa shape index (κ3) is 3.53. The minimum absolute atomic E-state index is 0.175. The lowest BCUT2D eigenvalue weighted by molar-refractivity contribution is 0.171. The van der Waals surface area contributed by atoms with E-state index in [-0.39, 0.29) is 5.41 Å². The van der Waals surface area contributed by atoms with E-state index in [9.17, 15) is 0 Å². The first-order chi connectivity index (χ1) is 9.02. The van der Waals surface area contributed by atoms with E-state index < -0.39 is 0 Å². The van der Waals surface area contributed by atoms with Crippen LogP contribution in [0.3, 0.4) is 0 Å². The number of benzene rings is 1. The summed E-state index contributed by atoms with van der Waals surface area (Å²) in [5.41, 5.74) is 8.20. The van der Waals surface area contributed by atoms with Crippen LogP contribution in [0.1, 0.15) is 25.8 Å². The van der Waals surface area contributed by atoms with Crippen LogP contribution in [0, 0.1) is 12.3 Å². The summed E-state index contributed by atoms with van der Waals surface area (Å²) < 4.78 is 11.2. The van der Waals surface area contributed by atoms with Gasteiger partial charge in [0.1, 0.15) is 13.2 Å². The maximum Gasteiger partial charge on any atom is 0.163 e. The molecule has 1 aromatic carbocycles. The highest BCUT2D eigenvalue weighted by molar-refractivity contribution is 5.60. The number of hydrogen-bond acceptors (Lipinski definition) is 4. The van der Waals surface area contributed by atoms with Crippen molar-refractivity contribution in [2.24, 2.45) is 11.1 Å². The molecule has 3 N–H and O–H groups in total. The molecule has 0 radical (unpaired) electrons. The molecule has 19 heavy (non-hydrogen) atoms. The van der Waals surface area contributed by atoms with E-state index in [2.05, 4.69) is 26.1 Å². The molecule has 106 valence electrons. The molecule has 0 atom stereocenters. The number of anilines is 1. The lowest BCUT2D eigenvalue weighted by atomic mass is 9.89. The van der Waals surface area contributed by atoms with Crippen LogP contribution in [0.5, 0.6) is 11.5 Å². The number of fused-ring (bicyclic) bond motifs is 1. The van der Waals surface area contributed by atoms with Crippen molar-refractivity contribution in [3.8, 4) is 11.5 Å². The second-order valence-corrected chi connectivity index (χ2v) is 5.86. The van der Waals surface area contributed by atoms with Crippen molar-refractivity contribution in [3.63, 3.8) is 0 Å². The maximum atomic E-state index is 5.74. The van der Waals surface area contributed by atoms with Crippen LogP contribution in [-0.2, 0) is 0 Å². The highest BCUT2D eigenvalue weighted by atomic mass is 16.6. The minimum Gasteiger partial charge on any atom is -0.486 e. The second kappa shape index (κ2) is 5.70. The lowest BCUT2D eigenvalue weighted by Crippen LogP contribution is -2.26. The Hall–Kier alpha value is -1.42. The molecule has 1 aliphatic rings. The van der Waals surface area contributed by atoms with Gasteiger partial charge in [-0.15, -0.1) is 0 Å². The molecule has 0 aromatic heterocycles. The van der Waals surface area contributed by atoms with E-state index >= 15 is 0 Å². The van der Waals surface area contributed by atoms with E-state index in [1.165, 1.54) is 5.56 Å². The monoisotopic (exact) mass is 264 g/mol. The van der Waals surface area contributed by atoms with Gasteiger partial charge in [-0.25, -0.2) is 0 Å². The molecule has 1 aromatic rings. The molecule has 2 rings (SSSR count). The fraction of sp³-hybridized carbons (Fsp3) is 0.600. The van der Waals surface area contributed by atoms with Crippen molar-refractivity contribution >= 4 is 5.69 Å². The van der Waals surface area contributed by atoms with Gasteiger partial charge in [-0.05, 0) is 36.9 Å². The molecule has 4 heteroatoms. The topological polar surface area (TPSA) is 56.5 Å². The molecule has 1 heterocycles. The molecule has 0 bridgehead atoms. The summed E-state index contributed by atoms with van der Waals surface area (Å²) in [6.07, 6.45) is 1.04. The minimum atomic E-state index is 0.175. The summed E-state index contributed by atoms with van der Waals surface area (Å²) in [6.45, 7) is 9.31. The first-order valence-electron chi connectivity index (χ1n) is 6.86. The largest absolute Gasteiger partial charge is 0.486 e. The number of nitrogens with two attached hydrogens (primary N) is 1. The molecule has 1 aliphatic heterocycles. The Morgan fingerprint density at radius 3 is 2.47 bits per heavy atom. The fourth-order valence-electron chi connectivity index (χ4n) is 2.02. The predicted molar refractivity (Wildman–Crippen MR) is 78.1 cm³/mol. The molecule has 0 fully saturated rings. The number of aryl methyl sites for hydroxylation is 1. The van der Waals surface area contributed by atoms with Gasteiger partial charge in [-0.3, -0.25) is 0 Å². The van der Waals surface area contributed by atoms with Crippen LogP contribution in [0.2, 0.25) is 0 Å². The average Bonchev–Trinajstić information content (AvgIpc) is 2.39. The predicted octanol–water partition coefficient (Wildman–Crippen LogP) is 2.55. The average molecular weight is 264 g/mol. The molecule has 0 spiro atoms. The molecule has 0 amide bonds.